The van der Waals surface area contributed by atoms with E-state index >= 15 is 0 Å². The molecule has 0 saturated heterocycles. The average Bonchev–Trinajstić information content (AvgIpc) is 3.21. The number of para-hydroxylation sites is 1. The summed E-state index contributed by atoms with van der Waals surface area (Å²) in [5.74, 6) is -0.400. The third-order valence-corrected chi connectivity index (χ3v) is 5.19. The van der Waals surface area contributed by atoms with Gasteiger partial charge in [-0.25, -0.2) is 9.40 Å². The highest BCUT2D eigenvalue weighted by Gasteiger charge is 2.36. The van der Waals surface area contributed by atoms with Crippen LogP contribution in [0.4, 0.5) is 4.39 Å². The van der Waals surface area contributed by atoms with E-state index in [1.54, 1.807) is 31.4 Å². The minimum atomic E-state index is -0.477. The van der Waals surface area contributed by atoms with Crippen LogP contribution in [-0.4, -0.2) is 61.4 Å². The van der Waals surface area contributed by atoms with Crippen LogP contribution in [0.15, 0.2) is 53.6 Å². The van der Waals surface area contributed by atoms with Gasteiger partial charge in [-0.3, -0.25) is 9.59 Å². The van der Waals surface area contributed by atoms with Crippen LogP contribution < -0.4 is 4.74 Å². The van der Waals surface area contributed by atoms with Gasteiger partial charge in [-0.2, -0.15) is 5.10 Å². The van der Waals surface area contributed by atoms with Crippen molar-refractivity contribution in [1.29, 1.82) is 0 Å². The van der Waals surface area contributed by atoms with Gasteiger partial charge in [-0.1, -0.05) is 36.4 Å². The molecule has 0 saturated carbocycles. The Morgan fingerprint density at radius 3 is 2.55 bits per heavy atom. The number of hydrogen-bond donors (Lipinski definition) is 0. The number of rotatable bonds is 8. The monoisotopic (exact) mass is 427 g/mol. The van der Waals surface area contributed by atoms with Gasteiger partial charge < -0.3 is 14.4 Å². The van der Waals surface area contributed by atoms with E-state index in [0.717, 1.165) is 5.56 Å². The first-order chi connectivity index (χ1) is 15.0. The molecule has 2 aromatic rings. The zero-order chi connectivity index (χ0) is 22.4. The molecular weight excluding hydrogens is 401 g/mol. The van der Waals surface area contributed by atoms with Crippen LogP contribution in [0.1, 0.15) is 30.5 Å². The minimum absolute atomic E-state index is 0.154. The van der Waals surface area contributed by atoms with Crippen LogP contribution in [-0.2, 0) is 14.3 Å². The normalized spacial score (nSPS) is 15.5. The van der Waals surface area contributed by atoms with Crippen LogP contribution in [0.3, 0.4) is 0 Å². The summed E-state index contributed by atoms with van der Waals surface area (Å²) in [5.41, 5.74) is 1.58. The van der Waals surface area contributed by atoms with E-state index in [4.69, 9.17) is 9.47 Å². The van der Waals surface area contributed by atoms with Crippen LogP contribution in [0.5, 0.6) is 5.75 Å². The van der Waals surface area contributed by atoms with Crippen molar-refractivity contribution < 1.29 is 23.5 Å². The molecule has 2 amide bonds. The summed E-state index contributed by atoms with van der Waals surface area (Å²) in [6, 6.07) is 13.2. The molecule has 0 aromatic heterocycles. The number of ether oxygens (including phenoxy) is 2. The van der Waals surface area contributed by atoms with Crippen molar-refractivity contribution in [3.05, 3.63) is 65.5 Å². The van der Waals surface area contributed by atoms with Crippen molar-refractivity contribution in [2.45, 2.75) is 19.4 Å². The van der Waals surface area contributed by atoms with Gasteiger partial charge in [0.05, 0.1) is 25.5 Å². The van der Waals surface area contributed by atoms with Gasteiger partial charge in [-0.15, -0.1) is 0 Å². The van der Waals surface area contributed by atoms with Gasteiger partial charge in [0, 0.05) is 38.1 Å². The summed E-state index contributed by atoms with van der Waals surface area (Å²) in [4.78, 5) is 26.6. The number of amides is 2. The Bertz CT molecular complexity index is 979. The number of hydrogen-bond acceptors (Lipinski definition) is 5. The third-order valence-electron chi connectivity index (χ3n) is 5.19. The lowest BCUT2D eigenvalue weighted by Gasteiger charge is -2.27. The molecule has 0 fully saturated rings. The standard InChI is InChI=1S/C23H26FN3O4/c1-16(28)26(12-13-30-2)15-23(29)27-21(18-9-5-7-11-22(18)31-3)14-20(25-27)17-8-4-6-10-19(17)24/h4-11,21H,12-15H2,1-3H3. The first-order valence-corrected chi connectivity index (χ1v) is 9.98. The number of hydrazone groups is 1. The molecular formula is C23H26FN3O4. The fourth-order valence-electron chi connectivity index (χ4n) is 3.57. The second kappa shape index (κ2) is 10.2. The highest BCUT2D eigenvalue weighted by Crippen LogP contribution is 2.37. The van der Waals surface area contributed by atoms with Crippen LogP contribution in [0, 0.1) is 5.82 Å². The first kappa shape index (κ1) is 22.4. The first-order valence-electron chi connectivity index (χ1n) is 9.98. The number of carbonyl (C=O) groups is 2. The van der Waals surface area contributed by atoms with E-state index in [0.29, 0.717) is 30.1 Å². The Labute approximate surface area is 181 Å². The minimum Gasteiger partial charge on any atom is -0.496 e. The Morgan fingerprint density at radius 2 is 1.87 bits per heavy atom. The maximum Gasteiger partial charge on any atom is 0.262 e. The maximum absolute atomic E-state index is 14.4. The van der Waals surface area contributed by atoms with Gasteiger partial charge in [0.1, 0.15) is 18.1 Å². The van der Waals surface area contributed by atoms with E-state index in [2.05, 4.69) is 5.10 Å². The van der Waals surface area contributed by atoms with E-state index in [1.807, 2.05) is 18.2 Å². The van der Waals surface area contributed by atoms with Gasteiger partial charge in [0.25, 0.3) is 5.91 Å². The maximum atomic E-state index is 14.4. The number of carbonyl (C=O) groups excluding carboxylic acids is 2. The van der Waals surface area contributed by atoms with Gasteiger partial charge in [0.15, 0.2) is 0 Å². The van der Waals surface area contributed by atoms with Crippen molar-refractivity contribution >= 4 is 17.5 Å². The zero-order valence-electron chi connectivity index (χ0n) is 17.9. The molecule has 8 heteroatoms. The van der Waals surface area contributed by atoms with E-state index in [-0.39, 0.29) is 24.9 Å². The van der Waals surface area contributed by atoms with Gasteiger partial charge in [0.2, 0.25) is 5.91 Å². The number of halogens is 1. The Morgan fingerprint density at radius 1 is 1.16 bits per heavy atom. The molecule has 3 rings (SSSR count). The summed E-state index contributed by atoms with van der Waals surface area (Å²) >= 11 is 0. The highest BCUT2D eigenvalue weighted by molar-refractivity contribution is 6.03. The number of methoxy groups -OCH3 is 2. The molecule has 1 aliphatic rings. The van der Waals surface area contributed by atoms with Crippen molar-refractivity contribution in [3.63, 3.8) is 0 Å². The SMILES string of the molecule is COCCN(CC(=O)N1N=C(c2ccccc2F)CC1c1ccccc1OC)C(C)=O. The van der Waals surface area contributed by atoms with Crippen LogP contribution >= 0.6 is 0 Å². The molecule has 2 aromatic carbocycles. The number of benzene rings is 2. The van der Waals surface area contributed by atoms with Crippen LogP contribution in [0.2, 0.25) is 0 Å². The van der Waals surface area contributed by atoms with Crippen LogP contribution in [0.25, 0.3) is 0 Å². The van der Waals surface area contributed by atoms with E-state index < -0.39 is 11.9 Å². The molecule has 7 nitrogen and oxygen atoms in total. The lowest BCUT2D eigenvalue weighted by Crippen LogP contribution is -2.41. The third kappa shape index (κ3) is 5.08. The molecule has 31 heavy (non-hydrogen) atoms. The average molecular weight is 427 g/mol. The summed E-state index contributed by atoms with van der Waals surface area (Å²) in [7, 11) is 3.09. The Kier molecular flexibility index (Phi) is 7.36. The lowest BCUT2D eigenvalue weighted by molar-refractivity contribution is -0.141. The summed E-state index contributed by atoms with van der Waals surface area (Å²) in [6.45, 7) is 1.85. The molecule has 1 aliphatic heterocycles. The topological polar surface area (TPSA) is 71.4 Å². The summed E-state index contributed by atoms with van der Waals surface area (Å²) in [5, 5.41) is 5.82. The molecule has 1 unspecified atom stereocenters. The quantitative estimate of drug-likeness (QED) is 0.649. The predicted molar refractivity (Wildman–Crippen MR) is 114 cm³/mol. The fourth-order valence-corrected chi connectivity index (χ4v) is 3.57. The van der Waals surface area contributed by atoms with Gasteiger partial charge >= 0.3 is 0 Å². The largest absolute Gasteiger partial charge is 0.496 e. The molecule has 0 aliphatic carbocycles. The smallest absolute Gasteiger partial charge is 0.262 e. The second-order valence-corrected chi connectivity index (χ2v) is 7.16. The molecule has 1 atom stereocenters. The summed E-state index contributed by atoms with van der Waals surface area (Å²) in [6.07, 6.45) is 0.325. The second-order valence-electron chi connectivity index (χ2n) is 7.16. The number of nitrogens with zero attached hydrogens (tertiary/aromatic N) is 3. The molecule has 1 heterocycles. The fraction of sp³-hybridized carbons (Fsp3) is 0.348. The van der Waals surface area contributed by atoms with Crippen molar-refractivity contribution in [3.8, 4) is 5.75 Å². The van der Waals surface area contributed by atoms with Crippen molar-refractivity contribution in [2.24, 2.45) is 5.10 Å². The Balaban J connectivity index is 1.95. The molecule has 164 valence electrons. The predicted octanol–water partition coefficient (Wildman–Crippen LogP) is 3.01. The molecule has 0 bridgehead atoms. The van der Waals surface area contributed by atoms with Crippen molar-refractivity contribution in [1.82, 2.24) is 9.91 Å². The lowest BCUT2D eigenvalue weighted by atomic mass is 9.97. The highest BCUT2D eigenvalue weighted by atomic mass is 19.1. The molecule has 0 spiro atoms. The summed E-state index contributed by atoms with van der Waals surface area (Å²) < 4.78 is 24.9. The molecule has 0 radical (unpaired) electrons. The van der Waals surface area contributed by atoms with E-state index in [9.17, 15) is 14.0 Å². The van der Waals surface area contributed by atoms with Crippen molar-refractivity contribution in [2.75, 3.05) is 33.9 Å². The van der Waals surface area contributed by atoms with Gasteiger partial charge in [-0.05, 0) is 12.1 Å². The molecule has 0 N–H and O–H groups in total. The Hall–Kier alpha value is -3.26. The van der Waals surface area contributed by atoms with E-state index in [1.165, 1.54) is 30.0 Å². The zero-order valence-corrected chi connectivity index (χ0v) is 17.9.